The van der Waals surface area contributed by atoms with Gasteiger partial charge in [-0.3, -0.25) is 0 Å². The van der Waals surface area contributed by atoms with E-state index in [-0.39, 0.29) is 5.41 Å². The predicted molar refractivity (Wildman–Crippen MR) is 212 cm³/mol. The van der Waals surface area contributed by atoms with E-state index in [1.807, 2.05) is 12.1 Å². The average molecular weight is 653 g/mol. The molecule has 0 bridgehead atoms. The topological polar surface area (TPSA) is 19.6 Å². The zero-order valence-corrected chi connectivity index (χ0v) is 29.2. The first-order valence-electron chi connectivity index (χ1n) is 18.1. The van der Waals surface area contributed by atoms with Gasteiger partial charge in [0.1, 0.15) is 11.2 Å². The second kappa shape index (κ2) is 13.4. The zero-order valence-electron chi connectivity index (χ0n) is 29.2. The zero-order chi connectivity index (χ0) is 34.1. The van der Waals surface area contributed by atoms with Crippen molar-refractivity contribution >= 4 is 56.1 Å². The van der Waals surface area contributed by atoms with Crippen molar-refractivity contribution in [2.24, 2.45) is 5.92 Å². The van der Waals surface area contributed by atoms with Gasteiger partial charge in [0.25, 0.3) is 0 Å². The molecular weight excluding hydrogens is 609 g/mol. The van der Waals surface area contributed by atoms with Crippen LogP contribution < -0.4 is 9.80 Å². The van der Waals surface area contributed by atoms with Gasteiger partial charge in [0.2, 0.25) is 0 Å². The molecule has 50 heavy (non-hydrogen) atoms. The van der Waals surface area contributed by atoms with Crippen LogP contribution in [0.1, 0.15) is 52.0 Å². The van der Waals surface area contributed by atoms with Crippen LogP contribution in [0.4, 0.5) is 34.1 Å². The molecule has 2 atom stereocenters. The van der Waals surface area contributed by atoms with E-state index in [9.17, 15) is 0 Å². The summed E-state index contributed by atoms with van der Waals surface area (Å²) in [5.41, 5.74) is 11.7. The van der Waals surface area contributed by atoms with Crippen LogP contribution in [-0.4, -0.2) is 0 Å². The predicted octanol–water partition coefficient (Wildman–Crippen LogP) is 13.9. The van der Waals surface area contributed by atoms with Gasteiger partial charge in [0, 0.05) is 44.9 Å². The van der Waals surface area contributed by atoms with Gasteiger partial charge in [0.15, 0.2) is 0 Å². The number of rotatable bonds is 9. The third kappa shape index (κ3) is 5.87. The fourth-order valence-electron chi connectivity index (χ4n) is 8.22. The van der Waals surface area contributed by atoms with Gasteiger partial charge < -0.3 is 14.2 Å². The van der Waals surface area contributed by atoms with Crippen LogP contribution in [0.2, 0.25) is 0 Å². The minimum Gasteiger partial charge on any atom is -0.456 e. The van der Waals surface area contributed by atoms with Crippen molar-refractivity contribution in [1.82, 2.24) is 0 Å². The fourth-order valence-corrected chi connectivity index (χ4v) is 8.22. The summed E-state index contributed by atoms with van der Waals surface area (Å²) in [5.74, 6) is 0.599. The SMILES string of the molecule is CCC1=CC(C)CC(CC)(c2ccc(N(c3ccccc3)c3cccc(N(c4ccccc4)c4ccc5oc6ccccc6c5c4)c3)cc2)C1. The Kier molecular flexibility index (Phi) is 8.50. The Morgan fingerprint density at radius 2 is 1.10 bits per heavy atom. The van der Waals surface area contributed by atoms with Crippen molar-refractivity contribution in [2.45, 2.75) is 51.9 Å². The maximum Gasteiger partial charge on any atom is 0.135 e. The molecule has 0 spiro atoms. The highest BCUT2D eigenvalue weighted by atomic mass is 16.3. The standard InChI is InChI=1S/C47H44N2O/c1-4-35-29-34(3)32-47(5-2,33-35)36-23-25-39(26-24-36)48(37-15-8-6-9-16-37)40-19-14-20-41(30-40)49(38-17-10-7-11-18-38)42-27-28-46-44(31-42)43-21-12-13-22-45(43)50-46/h6-31,34H,4-5,32-33H2,1-3H3. The molecule has 0 aliphatic heterocycles. The molecular formula is C47H44N2O. The molecule has 0 saturated heterocycles. The van der Waals surface area contributed by atoms with Crippen molar-refractivity contribution in [3.63, 3.8) is 0 Å². The molecule has 0 fully saturated rings. The number of anilines is 6. The first kappa shape index (κ1) is 31.7. The van der Waals surface area contributed by atoms with Crippen molar-refractivity contribution in [3.05, 3.63) is 169 Å². The van der Waals surface area contributed by atoms with Gasteiger partial charge in [-0.1, -0.05) is 105 Å². The Morgan fingerprint density at radius 3 is 1.76 bits per heavy atom. The summed E-state index contributed by atoms with van der Waals surface area (Å²) in [4.78, 5) is 4.72. The first-order valence-corrected chi connectivity index (χ1v) is 18.1. The van der Waals surface area contributed by atoms with Crippen LogP contribution in [0.15, 0.2) is 168 Å². The number of hydrogen-bond donors (Lipinski definition) is 0. The summed E-state index contributed by atoms with van der Waals surface area (Å²) in [5, 5.41) is 2.24. The Bertz CT molecular complexity index is 2270. The summed E-state index contributed by atoms with van der Waals surface area (Å²) in [6.45, 7) is 7.05. The second-order valence-electron chi connectivity index (χ2n) is 13.9. The number of fused-ring (bicyclic) bond motifs is 3. The number of nitrogens with zero attached hydrogens (tertiary/aromatic N) is 2. The van der Waals surface area contributed by atoms with E-state index in [0.29, 0.717) is 5.92 Å². The molecule has 248 valence electrons. The normalized spacial score (nSPS) is 17.5. The van der Waals surface area contributed by atoms with Crippen molar-refractivity contribution in [2.75, 3.05) is 9.80 Å². The van der Waals surface area contributed by atoms with Gasteiger partial charge >= 0.3 is 0 Å². The van der Waals surface area contributed by atoms with E-state index in [1.54, 1.807) is 5.57 Å². The van der Waals surface area contributed by atoms with Crippen LogP contribution in [0.25, 0.3) is 21.9 Å². The molecule has 1 aliphatic rings. The molecule has 0 saturated carbocycles. The minimum absolute atomic E-state index is 0.188. The van der Waals surface area contributed by atoms with Crippen LogP contribution in [0.5, 0.6) is 0 Å². The molecule has 3 heteroatoms. The third-order valence-electron chi connectivity index (χ3n) is 10.7. The van der Waals surface area contributed by atoms with E-state index in [0.717, 1.165) is 75.3 Å². The van der Waals surface area contributed by atoms with Gasteiger partial charge in [-0.25, -0.2) is 0 Å². The summed E-state index contributed by atoms with van der Waals surface area (Å²) in [7, 11) is 0. The number of benzene rings is 6. The summed E-state index contributed by atoms with van der Waals surface area (Å²) < 4.78 is 6.20. The second-order valence-corrected chi connectivity index (χ2v) is 13.9. The Labute approximate surface area is 296 Å². The molecule has 1 aliphatic carbocycles. The lowest BCUT2D eigenvalue weighted by atomic mass is 9.65. The van der Waals surface area contributed by atoms with Crippen LogP contribution >= 0.6 is 0 Å². The van der Waals surface area contributed by atoms with E-state index in [2.05, 4.69) is 176 Å². The third-order valence-corrected chi connectivity index (χ3v) is 10.7. The summed E-state index contributed by atoms with van der Waals surface area (Å²) in [6, 6.07) is 54.5. The molecule has 0 radical (unpaired) electrons. The molecule has 2 unspecified atom stereocenters. The highest BCUT2D eigenvalue weighted by Gasteiger charge is 2.35. The van der Waals surface area contributed by atoms with Crippen LogP contribution in [0, 0.1) is 5.92 Å². The van der Waals surface area contributed by atoms with Gasteiger partial charge in [0.05, 0.1) is 0 Å². The van der Waals surface area contributed by atoms with Crippen LogP contribution in [0.3, 0.4) is 0 Å². The molecule has 0 N–H and O–H groups in total. The minimum atomic E-state index is 0.188. The van der Waals surface area contributed by atoms with Gasteiger partial charge in [-0.15, -0.1) is 0 Å². The Morgan fingerprint density at radius 1 is 0.560 bits per heavy atom. The molecule has 8 rings (SSSR count). The summed E-state index contributed by atoms with van der Waals surface area (Å²) >= 11 is 0. The first-order chi connectivity index (χ1) is 24.5. The average Bonchev–Trinajstić information content (AvgIpc) is 3.54. The van der Waals surface area contributed by atoms with Crippen molar-refractivity contribution in [1.29, 1.82) is 0 Å². The van der Waals surface area contributed by atoms with Crippen molar-refractivity contribution in [3.8, 4) is 0 Å². The molecule has 7 aromatic rings. The Balaban J connectivity index is 1.22. The Hall–Kier alpha value is -5.54. The molecule has 0 amide bonds. The molecule has 1 heterocycles. The lowest BCUT2D eigenvalue weighted by Crippen LogP contribution is -2.31. The highest BCUT2D eigenvalue weighted by molar-refractivity contribution is 6.06. The maximum absolute atomic E-state index is 6.20. The highest BCUT2D eigenvalue weighted by Crippen LogP contribution is 2.47. The van der Waals surface area contributed by atoms with E-state index >= 15 is 0 Å². The van der Waals surface area contributed by atoms with E-state index < -0.39 is 0 Å². The maximum atomic E-state index is 6.20. The number of para-hydroxylation sites is 3. The molecule has 3 nitrogen and oxygen atoms in total. The quantitative estimate of drug-likeness (QED) is 0.145. The number of allylic oxidation sites excluding steroid dienone is 2. The summed E-state index contributed by atoms with van der Waals surface area (Å²) in [6.07, 6.45) is 7.15. The monoisotopic (exact) mass is 652 g/mol. The van der Waals surface area contributed by atoms with Crippen LogP contribution in [-0.2, 0) is 5.41 Å². The molecule has 6 aromatic carbocycles. The van der Waals surface area contributed by atoms with E-state index in [1.165, 1.54) is 12.0 Å². The smallest absolute Gasteiger partial charge is 0.135 e. The van der Waals surface area contributed by atoms with Gasteiger partial charge in [-0.05, 0) is 121 Å². The lowest BCUT2D eigenvalue weighted by molar-refractivity contribution is 0.316. The van der Waals surface area contributed by atoms with Gasteiger partial charge in [-0.2, -0.15) is 0 Å². The fraction of sp³-hybridized carbons (Fsp3) is 0.191. The van der Waals surface area contributed by atoms with Crippen molar-refractivity contribution < 1.29 is 4.42 Å². The largest absolute Gasteiger partial charge is 0.456 e. The number of hydrogen-bond acceptors (Lipinski definition) is 3. The number of furan rings is 1. The van der Waals surface area contributed by atoms with E-state index in [4.69, 9.17) is 4.42 Å². The lowest BCUT2D eigenvalue weighted by Gasteiger charge is -2.40. The molecule has 1 aromatic heterocycles.